The van der Waals surface area contributed by atoms with Gasteiger partial charge in [0.1, 0.15) is 8.07 Å². The van der Waals surface area contributed by atoms with Gasteiger partial charge >= 0.3 is 0 Å². The van der Waals surface area contributed by atoms with Crippen molar-refractivity contribution in [3.63, 3.8) is 0 Å². The monoisotopic (exact) mass is 306 g/mol. The lowest BCUT2D eigenvalue weighted by Gasteiger charge is -2.03. The Bertz CT molecular complexity index is 429. The maximum absolute atomic E-state index is 3.51. The molecule has 0 nitrogen and oxygen atoms in total. The molecule has 0 saturated heterocycles. The Morgan fingerprint density at radius 2 is 1.88 bits per heavy atom. The molecule has 0 aliphatic heterocycles. The fraction of sp³-hybridized carbons (Fsp3) is 0.333. The van der Waals surface area contributed by atoms with Gasteiger partial charge in [0.15, 0.2) is 0 Å². The molecule has 90 valence electrons. The van der Waals surface area contributed by atoms with Gasteiger partial charge in [0.2, 0.25) is 0 Å². The maximum atomic E-state index is 3.51. The minimum absolute atomic E-state index is 1.02. The van der Waals surface area contributed by atoms with Crippen molar-refractivity contribution >= 4 is 24.0 Å². The minimum Gasteiger partial charge on any atom is -0.126 e. The Hall–Kier alpha value is -0.783. The van der Waals surface area contributed by atoms with Gasteiger partial charge in [0.25, 0.3) is 0 Å². The third-order valence-corrected chi connectivity index (χ3v) is 3.55. The molecule has 1 rings (SSSR count). The zero-order valence-corrected chi connectivity index (χ0v) is 13.3. The van der Waals surface area contributed by atoms with Gasteiger partial charge in [-0.2, -0.15) is 0 Å². The van der Waals surface area contributed by atoms with E-state index in [1.54, 1.807) is 0 Å². The molecule has 0 radical (unpaired) electrons. The molecular formula is C15H19BrSi. The van der Waals surface area contributed by atoms with Crippen molar-refractivity contribution in [3.8, 4) is 11.5 Å². The fourth-order valence-electron chi connectivity index (χ4n) is 1.31. The quantitative estimate of drug-likeness (QED) is 0.557. The third kappa shape index (κ3) is 7.20. The van der Waals surface area contributed by atoms with Crippen LogP contribution >= 0.6 is 15.9 Å². The van der Waals surface area contributed by atoms with Crippen molar-refractivity contribution < 1.29 is 0 Å². The lowest BCUT2D eigenvalue weighted by molar-refractivity contribution is 1.00. The molecule has 0 aliphatic rings. The number of allylic oxidation sites excluding steroid dienone is 2. The molecule has 2 heteroatoms. The Morgan fingerprint density at radius 1 is 1.24 bits per heavy atom. The number of hydrogen-bond donors (Lipinski definition) is 0. The molecule has 17 heavy (non-hydrogen) atoms. The predicted octanol–water partition coefficient (Wildman–Crippen LogP) is 4.78. The Labute approximate surface area is 114 Å². The van der Waals surface area contributed by atoms with Crippen LogP contribution in [-0.4, -0.2) is 8.07 Å². The van der Waals surface area contributed by atoms with E-state index in [1.165, 1.54) is 5.56 Å². The molecule has 0 saturated carbocycles. The highest BCUT2D eigenvalue weighted by molar-refractivity contribution is 9.12. The Morgan fingerprint density at radius 3 is 2.47 bits per heavy atom. The van der Waals surface area contributed by atoms with Crippen LogP contribution in [0.15, 0.2) is 40.9 Å². The standard InChI is InChI=1S/C15H19BrSi/c1-17(2,3)13-12-15(16)11-7-10-14-8-5-4-6-9-14/h4-6,8-9,11H,7,10H2,1-3H3/b15-11-. The molecule has 0 spiro atoms. The van der Waals surface area contributed by atoms with Crippen molar-refractivity contribution in [3.05, 3.63) is 46.5 Å². The molecule has 0 amide bonds. The van der Waals surface area contributed by atoms with Crippen LogP contribution in [0.1, 0.15) is 12.0 Å². The Balaban J connectivity index is 2.46. The highest BCUT2D eigenvalue weighted by Crippen LogP contribution is 2.09. The summed E-state index contributed by atoms with van der Waals surface area (Å²) < 4.78 is 1.02. The van der Waals surface area contributed by atoms with Crippen LogP contribution in [-0.2, 0) is 6.42 Å². The molecule has 0 fully saturated rings. The minimum atomic E-state index is -1.26. The van der Waals surface area contributed by atoms with Crippen molar-refractivity contribution in [1.29, 1.82) is 0 Å². The molecule has 0 aliphatic carbocycles. The Kier molecular flexibility index (Phi) is 5.74. The molecule has 0 heterocycles. The number of rotatable bonds is 3. The van der Waals surface area contributed by atoms with Crippen molar-refractivity contribution in [2.45, 2.75) is 32.5 Å². The van der Waals surface area contributed by atoms with Gasteiger partial charge in [-0.3, -0.25) is 0 Å². The first kappa shape index (κ1) is 14.3. The molecule has 0 N–H and O–H groups in total. The van der Waals surface area contributed by atoms with Gasteiger partial charge in [-0.25, -0.2) is 0 Å². The lowest BCUT2D eigenvalue weighted by atomic mass is 10.1. The number of aryl methyl sites for hydroxylation is 1. The van der Waals surface area contributed by atoms with Gasteiger partial charge < -0.3 is 0 Å². The summed E-state index contributed by atoms with van der Waals surface area (Å²) in [6.07, 6.45) is 4.27. The zero-order chi connectivity index (χ0) is 12.7. The molecule has 0 atom stereocenters. The summed E-state index contributed by atoms with van der Waals surface area (Å²) in [5.74, 6) is 3.20. The normalized spacial score (nSPS) is 11.9. The highest BCUT2D eigenvalue weighted by Gasteiger charge is 2.07. The van der Waals surface area contributed by atoms with E-state index < -0.39 is 8.07 Å². The second-order valence-electron chi connectivity index (χ2n) is 5.08. The van der Waals surface area contributed by atoms with Gasteiger partial charge in [0, 0.05) is 0 Å². The van der Waals surface area contributed by atoms with Crippen molar-refractivity contribution in [2.75, 3.05) is 0 Å². The third-order valence-electron chi connectivity index (χ3n) is 2.16. The molecular weight excluding hydrogens is 288 g/mol. The average Bonchev–Trinajstić information content (AvgIpc) is 2.27. The largest absolute Gasteiger partial charge is 0.129 e. The van der Waals surface area contributed by atoms with Gasteiger partial charge in [-0.15, -0.1) is 5.54 Å². The fourth-order valence-corrected chi connectivity index (χ4v) is 2.33. The summed E-state index contributed by atoms with van der Waals surface area (Å²) in [6.45, 7) is 6.76. The average molecular weight is 307 g/mol. The predicted molar refractivity (Wildman–Crippen MR) is 82.9 cm³/mol. The summed E-state index contributed by atoms with van der Waals surface area (Å²) in [7, 11) is -1.26. The molecule has 1 aromatic rings. The van der Waals surface area contributed by atoms with E-state index in [2.05, 4.69) is 83.4 Å². The van der Waals surface area contributed by atoms with E-state index in [4.69, 9.17) is 0 Å². The van der Waals surface area contributed by atoms with Crippen LogP contribution in [0, 0.1) is 11.5 Å². The van der Waals surface area contributed by atoms with E-state index in [9.17, 15) is 0 Å². The molecule has 1 aromatic carbocycles. The van der Waals surface area contributed by atoms with E-state index in [0.29, 0.717) is 0 Å². The summed E-state index contributed by atoms with van der Waals surface area (Å²) in [5.41, 5.74) is 4.72. The zero-order valence-electron chi connectivity index (χ0n) is 10.8. The lowest BCUT2D eigenvalue weighted by Crippen LogP contribution is -2.16. The second-order valence-corrected chi connectivity index (χ2v) is 10.7. The van der Waals surface area contributed by atoms with Crippen molar-refractivity contribution in [1.82, 2.24) is 0 Å². The van der Waals surface area contributed by atoms with E-state index in [0.717, 1.165) is 17.3 Å². The maximum Gasteiger partial charge on any atom is 0.129 e. The molecule has 0 aromatic heterocycles. The summed E-state index contributed by atoms with van der Waals surface area (Å²) in [6, 6.07) is 10.5. The van der Waals surface area contributed by atoms with E-state index >= 15 is 0 Å². The summed E-state index contributed by atoms with van der Waals surface area (Å²) in [5, 5.41) is 0. The SMILES string of the molecule is C[Si](C)(C)C#C/C(Br)=C/CCc1ccccc1. The van der Waals surface area contributed by atoms with Crippen LogP contribution in [0.3, 0.4) is 0 Å². The van der Waals surface area contributed by atoms with E-state index in [-0.39, 0.29) is 0 Å². The first-order valence-electron chi connectivity index (χ1n) is 5.90. The van der Waals surface area contributed by atoms with Gasteiger partial charge in [0.05, 0.1) is 4.48 Å². The van der Waals surface area contributed by atoms with Gasteiger partial charge in [-0.05, 0) is 34.3 Å². The van der Waals surface area contributed by atoms with Crippen LogP contribution in [0.4, 0.5) is 0 Å². The molecule has 0 unspecified atom stereocenters. The van der Waals surface area contributed by atoms with Crippen molar-refractivity contribution in [2.24, 2.45) is 0 Å². The van der Waals surface area contributed by atoms with Crippen LogP contribution < -0.4 is 0 Å². The van der Waals surface area contributed by atoms with Crippen LogP contribution in [0.25, 0.3) is 0 Å². The number of halogens is 1. The van der Waals surface area contributed by atoms with Crippen LogP contribution in [0.2, 0.25) is 19.6 Å². The topological polar surface area (TPSA) is 0 Å². The first-order chi connectivity index (χ1) is 7.97. The van der Waals surface area contributed by atoms with Gasteiger partial charge in [-0.1, -0.05) is 62.0 Å². The summed E-state index contributed by atoms with van der Waals surface area (Å²) in [4.78, 5) is 0. The number of hydrogen-bond acceptors (Lipinski definition) is 0. The smallest absolute Gasteiger partial charge is 0.126 e. The van der Waals surface area contributed by atoms with Crippen LogP contribution in [0.5, 0.6) is 0 Å². The highest BCUT2D eigenvalue weighted by atomic mass is 79.9. The molecule has 0 bridgehead atoms. The van der Waals surface area contributed by atoms with E-state index in [1.807, 2.05) is 0 Å². The number of benzene rings is 1. The first-order valence-corrected chi connectivity index (χ1v) is 10.2. The second kappa shape index (κ2) is 6.83. The summed E-state index contributed by atoms with van der Waals surface area (Å²) >= 11 is 3.51.